The standard InChI is InChI=1S/C12H12Cl3NO3/c13-6-3-8(14)11(9(15)4-6)16-5-7-1-2-10(19-7)12(17)18/h3-4,7,10,16H,1-2,5H2,(H,17,18). The van der Waals surface area contributed by atoms with Crippen LogP contribution in [0.5, 0.6) is 0 Å². The lowest BCUT2D eigenvalue weighted by atomic mass is 10.2. The summed E-state index contributed by atoms with van der Waals surface area (Å²) in [5, 5.41) is 13.2. The summed E-state index contributed by atoms with van der Waals surface area (Å²) in [4.78, 5) is 10.8. The predicted molar refractivity (Wildman–Crippen MR) is 75.5 cm³/mol. The topological polar surface area (TPSA) is 58.6 Å². The van der Waals surface area contributed by atoms with E-state index < -0.39 is 12.1 Å². The first-order valence-electron chi connectivity index (χ1n) is 5.74. The van der Waals surface area contributed by atoms with Gasteiger partial charge in [-0.05, 0) is 25.0 Å². The zero-order chi connectivity index (χ0) is 14.0. The van der Waals surface area contributed by atoms with E-state index in [-0.39, 0.29) is 6.10 Å². The Balaban J connectivity index is 1.95. The second kappa shape index (κ2) is 6.18. The molecule has 19 heavy (non-hydrogen) atoms. The van der Waals surface area contributed by atoms with Crippen molar-refractivity contribution < 1.29 is 14.6 Å². The number of hydrogen-bond acceptors (Lipinski definition) is 3. The Labute approximate surface area is 125 Å². The molecule has 7 heteroatoms. The summed E-state index contributed by atoms with van der Waals surface area (Å²) in [7, 11) is 0. The SMILES string of the molecule is O=C(O)C1CCC(CNc2c(Cl)cc(Cl)cc2Cl)O1. The zero-order valence-electron chi connectivity index (χ0n) is 9.83. The van der Waals surface area contributed by atoms with E-state index in [9.17, 15) is 4.79 Å². The van der Waals surface area contributed by atoms with Crippen molar-refractivity contribution in [2.75, 3.05) is 11.9 Å². The molecule has 1 aliphatic heterocycles. The number of anilines is 1. The molecule has 0 spiro atoms. The van der Waals surface area contributed by atoms with Gasteiger partial charge in [0.05, 0.1) is 21.8 Å². The third-order valence-electron chi connectivity index (χ3n) is 2.90. The number of carboxylic acids is 1. The molecule has 1 aromatic rings. The van der Waals surface area contributed by atoms with Crippen molar-refractivity contribution in [2.24, 2.45) is 0 Å². The zero-order valence-corrected chi connectivity index (χ0v) is 12.1. The molecule has 0 bridgehead atoms. The number of aliphatic carboxylic acids is 1. The van der Waals surface area contributed by atoms with E-state index in [2.05, 4.69) is 5.32 Å². The van der Waals surface area contributed by atoms with Crippen molar-refractivity contribution in [3.8, 4) is 0 Å². The smallest absolute Gasteiger partial charge is 0.332 e. The third kappa shape index (κ3) is 3.66. The first-order chi connectivity index (χ1) is 8.97. The van der Waals surface area contributed by atoms with Gasteiger partial charge in [0, 0.05) is 11.6 Å². The minimum absolute atomic E-state index is 0.163. The highest BCUT2D eigenvalue weighted by atomic mass is 35.5. The average molecular weight is 325 g/mol. The van der Waals surface area contributed by atoms with E-state index >= 15 is 0 Å². The Hall–Kier alpha value is -0.680. The van der Waals surface area contributed by atoms with E-state index in [1.807, 2.05) is 0 Å². The van der Waals surface area contributed by atoms with Crippen LogP contribution in [0.4, 0.5) is 5.69 Å². The van der Waals surface area contributed by atoms with Crippen LogP contribution < -0.4 is 5.32 Å². The molecule has 1 heterocycles. The molecule has 0 aromatic heterocycles. The summed E-state index contributed by atoms with van der Waals surface area (Å²) in [6, 6.07) is 3.18. The Morgan fingerprint density at radius 3 is 2.47 bits per heavy atom. The molecule has 1 saturated heterocycles. The van der Waals surface area contributed by atoms with Crippen LogP contribution in [-0.4, -0.2) is 29.8 Å². The maximum Gasteiger partial charge on any atom is 0.332 e. The van der Waals surface area contributed by atoms with Gasteiger partial charge in [-0.2, -0.15) is 0 Å². The lowest BCUT2D eigenvalue weighted by molar-refractivity contribution is -0.149. The molecular weight excluding hydrogens is 312 g/mol. The van der Waals surface area contributed by atoms with Gasteiger partial charge in [-0.25, -0.2) is 4.79 Å². The van der Waals surface area contributed by atoms with Crippen LogP contribution in [0.25, 0.3) is 0 Å². The molecule has 2 rings (SSSR count). The summed E-state index contributed by atoms with van der Waals surface area (Å²) in [5.41, 5.74) is 0.579. The van der Waals surface area contributed by atoms with E-state index in [0.717, 1.165) is 0 Å². The van der Waals surface area contributed by atoms with Gasteiger partial charge in [0.15, 0.2) is 6.10 Å². The summed E-state index contributed by atoms with van der Waals surface area (Å²) >= 11 is 17.9. The van der Waals surface area contributed by atoms with Crippen LogP contribution in [0.3, 0.4) is 0 Å². The van der Waals surface area contributed by atoms with Gasteiger partial charge in [0.25, 0.3) is 0 Å². The Morgan fingerprint density at radius 1 is 1.32 bits per heavy atom. The number of hydrogen-bond donors (Lipinski definition) is 2. The maximum absolute atomic E-state index is 10.8. The summed E-state index contributed by atoms with van der Waals surface area (Å²) < 4.78 is 5.37. The number of nitrogens with one attached hydrogen (secondary N) is 1. The number of carbonyl (C=O) groups is 1. The number of benzene rings is 1. The van der Waals surface area contributed by atoms with Gasteiger partial charge in [-0.15, -0.1) is 0 Å². The van der Waals surface area contributed by atoms with E-state index in [0.29, 0.717) is 40.1 Å². The number of rotatable bonds is 4. The van der Waals surface area contributed by atoms with E-state index in [1.54, 1.807) is 12.1 Å². The number of carboxylic acid groups (broad SMARTS) is 1. The van der Waals surface area contributed by atoms with Crippen molar-refractivity contribution in [3.05, 3.63) is 27.2 Å². The number of ether oxygens (including phenoxy) is 1. The molecule has 104 valence electrons. The Kier molecular flexibility index (Phi) is 4.79. The van der Waals surface area contributed by atoms with Gasteiger partial charge in [-0.3, -0.25) is 0 Å². The Morgan fingerprint density at radius 2 is 1.95 bits per heavy atom. The van der Waals surface area contributed by atoms with E-state index in [1.165, 1.54) is 0 Å². The van der Waals surface area contributed by atoms with Crippen molar-refractivity contribution in [3.63, 3.8) is 0 Å². The van der Waals surface area contributed by atoms with Gasteiger partial charge in [-0.1, -0.05) is 34.8 Å². The van der Waals surface area contributed by atoms with Crippen molar-refractivity contribution in [1.82, 2.24) is 0 Å². The fourth-order valence-electron chi connectivity index (χ4n) is 1.96. The van der Waals surface area contributed by atoms with Gasteiger partial charge < -0.3 is 15.2 Å². The number of halogens is 3. The molecule has 2 N–H and O–H groups in total. The molecule has 1 aliphatic rings. The summed E-state index contributed by atoms with van der Waals surface area (Å²) in [5.74, 6) is -0.926. The first kappa shape index (κ1) is 14.7. The molecule has 1 fully saturated rings. The molecular formula is C12H12Cl3NO3. The molecule has 1 aromatic carbocycles. The quantitative estimate of drug-likeness (QED) is 0.887. The lowest BCUT2D eigenvalue weighted by Gasteiger charge is -2.15. The van der Waals surface area contributed by atoms with E-state index in [4.69, 9.17) is 44.6 Å². The largest absolute Gasteiger partial charge is 0.479 e. The van der Waals surface area contributed by atoms with Crippen LogP contribution in [0.15, 0.2) is 12.1 Å². The molecule has 0 saturated carbocycles. The molecule has 0 amide bonds. The van der Waals surface area contributed by atoms with Crippen LogP contribution in [0.1, 0.15) is 12.8 Å². The fourth-order valence-corrected chi connectivity index (χ4v) is 2.92. The molecule has 2 unspecified atom stereocenters. The van der Waals surface area contributed by atoms with Crippen molar-refractivity contribution in [1.29, 1.82) is 0 Å². The van der Waals surface area contributed by atoms with Gasteiger partial charge >= 0.3 is 5.97 Å². The first-order valence-corrected chi connectivity index (χ1v) is 6.87. The Bertz CT molecular complexity index is 472. The fraction of sp³-hybridized carbons (Fsp3) is 0.417. The van der Waals surface area contributed by atoms with Crippen molar-refractivity contribution >= 4 is 46.5 Å². The second-order valence-corrected chi connectivity index (χ2v) is 5.54. The molecule has 0 aliphatic carbocycles. The molecule has 4 nitrogen and oxygen atoms in total. The monoisotopic (exact) mass is 323 g/mol. The minimum atomic E-state index is -0.926. The lowest BCUT2D eigenvalue weighted by Crippen LogP contribution is -2.24. The van der Waals surface area contributed by atoms with Gasteiger partial charge in [0.2, 0.25) is 0 Å². The van der Waals surface area contributed by atoms with Crippen LogP contribution in [-0.2, 0) is 9.53 Å². The molecule has 0 radical (unpaired) electrons. The minimum Gasteiger partial charge on any atom is -0.479 e. The molecule has 2 atom stereocenters. The summed E-state index contributed by atoms with van der Waals surface area (Å²) in [6.45, 7) is 0.449. The van der Waals surface area contributed by atoms with Crippen LogP contribution >= 0.6 is 34.8 Å². The predicted octanol–water partition coefficient (Wildman–Crippen LogP) is 3.69. The second-order valence-electron chi connectivity index (χ2n) is 4.29. The highest BCUT2D eigenvalue weighted by Crippen LogP contribution is 2.34. The third-order valence-corrected chi connectivity index (χ3v) is 3.71. The maximum atomic E-state index is 10.8. The van der Waals surface area contributed by atoms with Crippen LogP contribution in [0, 0.1) is 0 Å². The average Bonchev–Trinajstić information content (AvgIpc) is 2.76. The van der Waals surface area contributed by atoms with Gasteiger partial charge in [0.1, 0.15) is 0 Å². The van der Waals surface area contributed by atoms with Crippen molar-refractivity contribution in [2.45, 2.75) is 25.0 Å². The highest BCUT2D eigenvalue weighted by molar-refractivity contribution is 6.41. The van der Waals surface area contributed by atoms with Crippen LogP contribution in [0.2, 0.25) is 15.1 Å². The highest BCUT2D eigenvalue weighted by Gasteiger charge is 2.30. The summed E-state index contributed by atoms with van der Waals surface area (Å²) in [6.07, 6.45) is 0.322. The normalized spacial score (nSPS) is 22.5.